The number of rotatable bonds is 2. The molecule has 0 aliphatic heterocycles. The van der Waals surface area contributed by atoms with Gasteiger partial charge in [0.2, 0.25) is 0 Å². The quantitative estimate of drug-likeness (QED) is 0.880. The number of nitrogens with zero attached hydrogens (tertiary/aromatic N) is 2. The number of hydrogen-bond acceptors (Lipinski definition) is 2. The number of benzene rings is 1. The molecule has 1 aliphatic carbocycles. The van der Waals surface area contributed by atoms with Gasteiger partial charge < -0.3 is 10.3 Å². The lowest BCUT2D eigenvalue weighted by Crippen LogP contribution is -2.36. The summed E-state index contributed by atoms with van der Waals surface area (Å²) in [5, 5.41) is 0. The molecule has 3 rings (SSSR count). The van der Waals surface area contributed by atoms with E-state index in [0.717, 1.165) is 30.7 Å². The fraction of sp³-hybridized carbons (Fsp3) is 0.533. The number of fused-ring (bicyclic) bond motifs is 1. The number of aromatic nitrogens is 2. The predicted octanol–water partition coefficient (Wildman–Crippen LogP) is 3.09. The normalized spacial score (nSPS) is 18.6. The number of imidazole rings is 1. The molecule has 0 unspecified atom stereocenters. The molecule has 0 amide bonds. The van der Waals surface area contributed by atoms with Gasteiger partial charge in [-0.2, -0.15) is 0 Å². The van der Waals surface area contributed by atoms with Crippen LogP contribution in [-0.4, -0.2) is 9.55 Å². The summed E-state index contributed by atoms with van der Waals surface area (Å²) in [6.45, 7) is 5.22. The molecule has 0 bridgehead atoms. The maximum absolute atomic E-state index is 6.58. The fourth-order valence-corrected chi connectivity index (χ4v) is 3.17. The van der Waals surface area contributed by atoms with Crippen LogP contribution in [0.5, 0.6) is 0 Å². The first-order valence-corrected chi connectivity index (χ1v) is 6.90. The van der Waals surface area contributed by atoms with Crippen molar-refractivity contribution in [1.82, 2.24) is 9.55 Å². The van der Waals surface area contributed by atoms with Crippen LogP contribution in [0, 0.1) is 6.92 Å². The Morgan fingerprint density at radius 3 is 2.72 bits per heavy atom. The van der Waals surface area contributed by atoms with Crippen LogP contribution < -0.4 is 5.73 Å². The van der Waals surface area contributed by atoms with Gasteiger partial charge >= 0.3 is 0 Å². The molecule has 96 valence electrons. The van der Waals surface area contributed by atoms with Crippen molar-refractivity contribution < 1.29 is 0 Å². The van der Waals surface area contributed by atoms with Crippen LogP contribution in [0.3, 0.4) is 0 Å². The molecule has 0 spiro atoms. The standard InChI is InChI=1S/C15H21N3/c1-3-18-13-7-6-11(2)10-12(13)17-14(18)15(16)8-4-5-9-15/h6-7,10H,3-5,8-9,16H2,1-2H3. The highest BCUT2D eigenvalue weighted by molar-refractivity contribution is 5.77. The van der Waals surface area contributed by atoms with E-state index in [1.807, 2.05) is 0 Å². The van der Waals surface area contributed by atoms with Crippen LogP contribution in [0.15, 0.2) is 18.2 Å². The Morgan fingerprint density at radius 2 is 2.06 bits per heavy atom. The van der Waals surface area contributed by atoms with E-state index in [2.05, 4.69) is 36.6 Å². The average Bonchev–Trinajstić information content (AvgIpc) is 2.93. The van der Waals surface area contributed by atoms with Crippen molar-refractivity contribution in [3.05, 3.63) is 29.6 Å². The predicted molar refractivity (Wildman–Crippen MR) is 74.5 cm³/mol. The second-order valence-corrected chi connectivity index (χ2v) is 5.54. The maximum atomic E-state index is 6.58. The van der Waals surface area contributed by atoms with E-state index in [1.54, 1.807) is 0 Å². The lowest BCUT2D eigenvalue weighted by Gasteiger charge is -2.23. The van der Waals surface area contributed by atoms with Crippen LogP contribution >= 0.6 is 0 Å². The molecule has 0 radical (unpaired) electrons. The van der Waals surface area contributed by atoms with E-state index in [-0.39, 0.29) is 5.54 Å². The van der Waals surface area contributed by atoms with Crippen molar-refractivity contribution in [2.45, 2.75) is 51.6 Å². The Balaban J connectivity index is 2.22. The molecule has 2 N–H and O–H groups in total. The summed E-state index contributed by atoms with van der Waals surface area (Å²) in [6.07, 6.45) is 4.58. The van der Waals surface area contributed by atoms with Crippen LogP contribution in [0.1, 0.15) is 44.0 Å². The van der Waals surface area contributed by atoms with Crippen molar-refractivity contribution in [1.29, 1.82) is 0 Å². The van der Waals surface area contributed by atoms with Crippen LogP contribution in [0.2, 0.25) is 0 Å². The third kappa shape index (κ3) is 1.65. The lowest BCUT2D eigenvalue weighted by atomic mass is 9.98. The minimum atomic E-state index is -0.205. The molecule has 3 heteroatoms. The molecule has 1 aromatic heterocycles. The SMILES string of the molecule is CCn1c(C2(N)CCCC2)nc2cc(C)ccc21. The molecule has 0 atom stereocenters. The van der Waals surface area contributed by atoms with Gasteiger partial charge in [-0.1, -0.05) is 18.9 Å². The molecule has 1 aromatic carbocycles. The summed E-state index contributed by atoms with van der Waals surface area (Å²) in [5.41, 5.74) is 9.93. The number of aryl methyl sites for hydroxylation is 2. The molecular formula is C15H21N3. The molecular weight excluding hydrogens is 222 g/mol. The monoisotopic (exact) mass is 243 g/mol. The van der Waals surface area contributed by atoms with E-state index in [4.69, 9.17) is 10.7 Å². The third-order valence-corrected chi connectivity index (χ3v) is 4.16. The summed E-state index contributed by atoms with van der Waals surface area (Å²) in [7, 11) is 0. The van der Waals surface area contributed by atoms with Gasteiger partial charge in [-0.05, 0) is 44.4 Å². The van der Waals surface area contributed by atoms with Crippen LogP contribution in [0.25, 0.3) is 11.0 Å². The maximum Gasteiger partial charge on any atom is 0.130 e. The van der Waals surface area contributed by atoms with Gasteiger partial charge in [0, 0.05) is 6.54 Å². The summed E-state index contributed by atoms with van der Waals surface area (Å²) in [6, 6.07) is 6.48. The highest BCUT2D eigenvalue weighted by Crippen LogP contribution is 2.37. The van der Waals surface area contributed by atoms with Crippen molar-refractivity contribution in [3.63, 3.8) is 0 Å². The average molecular weight is 243 g/mol. The molecule has 1 fully saturated rings. The smallest absolute Gasteiger partial charge is 0.130 e. The van der Waals surface area contributed by atoms with Gasteiger partial charge in [0.1, 0.15) is 5.82 Å². The Bertz CT molecular complexity index is 577. The second kappa shape index (κ2) is 4.09. The number of hydrogen-bond donors (Lipinski definition) is 1. The molecule has 1 heterocycles. The molecule has 3 nitrogen and oxygen atoms in total. The molecule has 18 heavy (non-hydrogen) atoms. The lowest BCUT2D eigenvalue weighted by molar-refractivity contribution is 0.413. The van der Waals surface area contributed by atoms with Crippen molar-refractivity contribution in [2.75, 3.05) is 0 Å². The van der Waals surface area contributed by atoms with E-state index < -0.39 is 0 Å². The Kier molecular flexibility index (Phi) is 2.67. The third-order valence-electron chi connectivity index (χ3n) is 4.16. The zero-order valence-electron chi connectivity index (χ0n) is 11.2. The molecule has 2 aromatic rings. The second-order valence-electron chi connectivity index (χ2n) is 5.54. The first kappa shape index (κ1) is 11.7. The first-order valence-electron chi connectivity index (χ1n) is 6.90. The number of nitrogens with two attached hydrogens (primary N) is 1. The van der Waals surface area contributed by atoms with E-state index >= 15 is 0 Å². The molecule has 1 saturated carbocycles. The van der Waals surface area contributed by atoms with E-state index in [9.17, 15) is 0 Å². The highest BCUT2D eigenvalue weighted by Gasteiger charge is 2.35. The fourth-order valence-electron chi connectivity index (χ4n) is 3.17. The summed E-state index contributed by atoms with van der Waals surface area (Å²) >= 11 is 0. The van der Waals surface area contributed by atoms with E-state index in [0.29, 0.717) is 0 Å². The summed E-state index contributed by atoms with van der Waals surface area (Å²) in [5.74, 6) is 1.09. The van der Waals surface area contributed by atoms with Crippen molar-refractivity contribution >= 4 is 11.0 Å². The molecule has 0 saturated heterocycles. The van der Waals surface area contributed by atoms with Crippen LogP contribution in [-0.2, 0) is 12.1 Å². The van der Waals surface area contributed by atoms with Gasteiger partial charge in [-0.25, -0.2) is 4.98 Å². The molecule has 1 aliphatic rings. The van der Waals surface area contributed by atoms with E-state index in [1.165, 1.54) is 23.9 Å². The zero-order chi connectivity index (χ0) is 12.8. The minimum Gasteiger partial charge on any atom is -0.327 e. The van der Waals surface area contributed by atoms with Gasteiger partial charge in [0.15, 0.2) is 0 Å². The summed E-state index contributed by atoms with van der Waals surface area (Å²) in [4.78, 5) is 4.84. The van der Waals surface area contributed by atoms with Gasteiger partial charge in [0.05, 0.1) is 16.6 Å². The van der Waals surface area contributed by atoms with Crippen molar-refractivity contribution in [3.8, 4) is 0 Å². The zero-order valence-corrected chi connectivity index (χ0v) is 11.2. The Hall–Kier alpha value is -1.35. The largest absolute Gasteiger partial charge is 0.327 e. The van der Waals surface area contributed by atoms with Crippen molar-refractivity contribution in [2.24, 2.45) is 5.73 Å². The van der Waals surface area contributed by atoms with Gasteiger partial charge in [0.25, 0.3) is 0 Å². The Labute approximate surface area is 108 Å². The van der Waals surface area contributed by atoms with Gasteiger partial charge in [-0.3, -0.25) is 0 Å². The summed E-state index contributed by atoms with van der Waals surface area (Å²) < 4.78 is 2.29. The first-order chi connectivity index (χ1) is 8.64. The topological polar surface area (TPSA) is 43.8 Å². The highest BCUT2D eigenvalue weighted by atomic mass is 15.1. The Morgan fingerprint density at radius 1 is 1.33 bits per heavy atom. The van der Waals surface area contributed by atoms with Gasteiger partial charge in [-0.15, -0.1) is 0 Å². The van der Waals surface area contributed by atoms with Crippen LogP contribution in [0.4, 0.5) is 0 Å². The minimum absolute atomic E-state index is 0.205.